The Morgan fingerprint density at radius 1 is 1.33 bits per heavy atom. The average molecular weight is 234 g/mol. The smallest absolute Gasteiger partial charge is 0.208 e. The Hall–Kier alpha value is -1.00. The normalized spacial score (nSPS) is 10.2. The molecule has 1 aromatic carbocycles. The lowest BCUT2D eigenvalue weighted by Crippen LogP contribution is -2.08. The van der Waals surface area contributed by atoms with Gasteiger partial charge in [-0.1, -0.05) is 11.6 Å². The first-order valence-electron chi connectivity index (χ1n) is 4.39. The number of rotatable bonds is 4. The topological polar surface area (TPSA) is 30.5 Å². The van der Waals surface area contributed by atoms with E-state index in [4.69, 9.17) is 21.1 Å². The van der Waals surface area contributed by atoms with E-state index in [1.54, 1.807) is 13.1 Å². The number of ether oxygens (including phenoxy) is 2. The van der Waals surface area contributed by atoms with Crippen LogP contribution < -0.4 is 14.8 Å². The molecule has 3 nitrogen and oxygen atoms in total. The maximum atomic E-state index is 13.8. The van der Waals surface area contributed by atoms with Crippen LogP contribution in [0.4, 0.5) is 4.39 Å². The largest absolute Gasteiger partial charge is 0.493 e. The van der Waals surface area contributed by atoms with E-state index in [1.807, 2.05) is 0 Å². The first-order valence-corrected chi connectivity index (χ1v) is 4.77. The first-order chi connectivity index (χ1) is 7.15. The summed E-state index contributed by atoms with van der Waals surface area (Å²) in [5.74, 6) is -0.406. The fraction of sp³-hybridized carbons (Fsp3) is 0.400. The minimum Gasteiger partial charge on any atom is -0.493 e. The third kappa shape index (κ3) is 2.33. The summed E-state index contributed by atoms with van der Waals surface area (Å²) in [6.45, 7) is 0.476. The van der Waals surface area contributed by atoms with Crippen molar-refractivity contribution in [3.8, 4) is 11.5 Å². The Kier molecular flexibility index (Phi) is 4.17. The van der Waals surface area contributed by atoms with Crippen LogP contribution in [0, 0.1) is 5.82 Å². The molecule has 84 valence electrons. The summed E-state index contributed by atoms with van der Waals surface area (Å²) >= 11 is 5.85. The lowest BCUT2D eigenvalue weighted by molar-refractivity contribution is 0.347. The third-order valence-electron chi connectivity index (χ3n) is 1.98. The Bertz CT molecular complexity index is 358. The van der Waals surface area contributed by atoms with Gasteiger partial charge in [-0.3, -0.25) is 0 Å². The van der Waals surface area contributed by atoms with Gasteiger partial charge in [-0.05, 0) is 13.1 Å². The van der Waals surface area contributed by atoms with Gasteiger partial charge in [0.05, 0.1) is 19.2 Å². The van der Waals surface area contributed by atoms with E-state index in [-0.39, 0.29) is 16.5 Å². The molecule has 0 heterocycles. The summed E-state index contributed by atoms with van der Waals surface area (Å²) in [6, 6.07) is 1.62. The Morgan fingerprint density at radius 2 is 1.93 bits per heavy atom. The van der Waals surface area contributed by atoms with Crippen LogP contribution in [0.5, 0.6) is 11.5 Å². The van der Waals surface area contributed by atoms with Crippen LogP contribution in [0.3, 0.4) is 0 Å². The van der Waals surface area contributed by atoms with Gasteiger partial charge >= 0.3 is 0 Å². The number of nitrogens with one attached hydrogen (secondary N) is 1. The number of benzene rings is 1. The summed E-state index contributed by atoms with van der Waals surface area (Å²) in [5.41, 5.74) is 0.656. The summed E-state index contributed by atoms with van der Waals surface area (Å²) < 4.78 is 23.6. The maximum absolute atomic E-state index is 13.8. The molecule has 1 N–H and O–H groups in total. The molecule has 0 saturated heterocycles. The van der Waals surface area contributed by atoms with E-state index >= 15 is 0 Å². The van der Waals surface area contributed by atoms with E-state index in [2.05, 4.69) is 5.32 Å². The average Bonchev–Trinajstić information content (AvgIpc) is 2.19. The molecular weight excluding hydrogens is 221 g/mol. The van der Waals surface area contributed by atoms with Crippen molar-refractivity contribution in [2.24, 2.45) is 0 Å². The molecule has 1 aromatic rings. The highest BCUT2D eigenvalue weighted by atomic mass is 35.5. The number of hydrogen-bond donors (Lipinski definition) is 1. The van der Waals surface area contributed by atoms with E-state index in [0.717, 1.165) is 0 Å². The lowest BCUT2D eigenvalue weighted by atomic mass is 10.1. The summed E-state index contributed by atoms with van der Waals surface area (Å²) in [5, 5.41) is 3.14. The quantitative estimate of drug-likeness (QED) is 0.865. The van der Waals surface area contributed by atoms with Crippen LogP contribution >= 0.6 is 11.6 Å². The molecular formula is C10H13ClFNO2. The summed E-state index contributed by atoms with van der Waals surface area (Å²) in [4.78, 5) is 0. The van der Waals surface area contributed by atoms with Gasteiger partial charge in [0.15, 0.2) is 11.5 Å². The summed E-state index contributed by atoms with van der Waals surface area (Å²) in [7, 11) is 4.53. The van der Waals surface area contributed by atoms with Crippen molar-refractivity contribution in [1.29, 1.82) is 0 Å². The van der Waals surface area contributed by atoms with Crippen LogP contribution in [0.25, 0.3) is 0 Å². The van der Waals surface area contributed by atoms with E-state index in [0.29, 0.717) is 12.1 Å². The molecule has 5 heteroatoms. The van der Waals surface area contributed by atoms with Gasteiger partial charge in [0.1, 0.15) is 0 Å². The van der Waals surface area contributed by atoms with Crippen molar-refractivity contribution in [3.63, 3.8) is 0 Å². The van der Waals surface area contributed by atoms with Crippen molar-refractivity contribution in [2.45, 2.75) is 6.54 Å². The number of halogens is 2. The van der Waals surface area contributed by atoms with E-state index < -0.39 is 5.82 Å². The highest BCUT2D eigenvalue weighted by Crippen LogP contribution is 2.36. The van der Waals surface area contributed by atoms with Gasteiger partial charge < -0.3 is 14.8 Å². The zero-order valence-electron chi connectivity index (χ0n) is 8.86. The van der Waals surface area contributed by atoms with Gasteiger partial charge in [0, 0.05) is 12.1 Å². The van der Waals surface area contributed by atoms with Crippen molar-refractivity contribution < 1.29 is 13.9 Å². The molecule has 0 aliphatic heterocycles. The minimum absolute atomic E-state index is 0.00775. The molecule has 1 rings (SSSR count). The van der Waals surface area contributed by atoms with Crippen LogP contribution in [0.15, 0.2) is 6.07 Å². The molecule has 0 atom stereocenters. The van der Waals surface area contributed by atoms with Crippen LogP contribution in [0.2, 0.25) is 5.02 Å². The monoisotopic (exact) mass is 233 g/mol. The first kappa shape index (κ1) is 12.1. The lowest BCUT2D eigenvalue weighted by Gasteiger charge is -2.13. The van der Waals surface area contributed by atoms with Crippen LogP contribution in [0.1, 0.15) is 5.56 Å². The second-order valence-corrected chi connectivity index (χ2v) is 3.34. The number of methoxy groups -OCH3 is 2. The van der Waals surface area contributed by atoms with Crippen LogP contribution in [-0.2, 0) is 6.54 Å². The zero-order chi connectivity index (χ0) is 11.4. The SMILES string of the molecule is CNCc1cc(Cl)c(OC)c(F)c1OC. The minimum atomic E-state index is -0.572. The van der Waals surface area contributed by atoms with Gasteiger partial charge in [-0.25, -0.2) is 0 Å². The maximum Gasteiger partial charge on any atom is 0.208 e. The fourth-order valence-electron chi connectivity index (χ4n) is 1.36. The standard InChI is InChI=1S/C10H13ClFNO2/c1-13-5-6-4-7(11)10(15-3)8(12)9(6)14-2/h4,13H,5H2,1-3H3. The second-order valence-electron chi connectivity index (χ2n) is 2.93. The molecule has 0 saturated carbocycles. The van der Waals surface area contributed by atoms with Gasteiger partial charge in [0.2, 0.25) is 5.82 Å². The fourth-order valence-corrected chi connectivity index (χ4v) is 1.65. The van der Waals surface area contributed by atoms with Crippen molar-refractivity contribution >= 4 is 11.6 Å². The highest BCUT2D eigenvalue weighted by Gasteiger charge is 2.18. The molecule has 0 fully saturated rings. The molecule has 15 heavy (non-hydrogen) atoms. The van der Waals surface area contributed by atoms with Gasteiger partial charge in [0.25, 0.3) is 0 Å². The third-order valence-corrected chi connectivity index (χ3v) is 2.26. The summed E-state index contributed by atoms with van der Waals surface area (Å²) in [6.07, 6.45) is 0. The predicted octanol–water partition coefficient (Wildman–Crippen LogP) is 2.22. The van der Waals surface area contributed by atoms with Gasteiger partial charge in [-0.15, -0.1) is 0 Å². The second kappa shape index (κ2) is 5.19. The van der Waals surface area contributed by atoms with Crippen LogP contribution in [-0.4, -0.2) is 21.3 Å². The molecule has 0 aromatic heterocycles. The molecule has 0 unspecified atom stereocenters. The predicted molar refractivity (Wildman–Crippen MR) is 57.3 cm³/mol. The molecule has 0 radical (unpaired) electrons. The van der Waals surface area contributed by atoms with E-state index in [1.165, 1.54) is 14.2 Å². The van der Waals surface area contributed by atoms with Gasteiger partial charge in [-0.2, -0.15) is 4.39 Å². The molecule has 0 spiro atoms. The molecule has 0 aliphatic carbocycles. The van der Waals surface area contributed by atoms with Crippen molar-refractivity contribution in [1.82, 2.24) is 5.32 Å². The van der Waals surface area contributed by atoms with Crippen molar-refractivity contribution in [2.75, 3.05) is 21.3 Å². The molecule has 0 amide bonds. The van der Waals surface area contributed by atoms with Crippen molar-refractivity contribution in [3.05, 3.63) is 22.5 Å². The Morgan fingerprint density at radius 3 is 2.40 bits per heavy atom. The molecule has 0 bridgehead atoms. The van der Waals surface area contributed by atoms with E-state index in [9.17, 15) is 4.39 Å². The Balaban J connectivity index is 3.30. The zero-order valence-corrected chi connectivity index (χ0v) is 9.61. The Labute approximate surface area is 93.1 Å². The molecule has 0 aliphatic rings. The highest BCUT2D eigenvalue weighted by molar-refractivity contribution is 6.32. The number of hydrogen-bond acceptors (Lipinski definition) is 3.